The fourth-order valence-corrected chi connectivity index (χ4v) is 1.61. The fourth-order valence-electron chi connectivity index (χ4n) is 1.61. The summed E-state index contributed by atoms with van der Waals surface area (Å²) in [5, 5.41) is 27.1. The lowest BCUT2D eigenvalue weighted by molar-refractivity contribution is -0.117. The Balaban J connectivity index is 2.30. The van der Waals surface area contributed by atoms with E-state index in [-0.39, 0.29) is 18.0 Å². The van der Waals surface area contributed by atoms with Gasteiger partial charge in [0.05, 0.1) is 13.2 Å². The summed E-state index contributed by atoms with van der Waals surface area (Å²) in [6, 6.07) is 0. The summed E-state index contributed by atoms with van der Waals surface area (Å²) in [5.41, 5.74) is -0.977. The Hall–Kier alpha value is -0.750. The Kier molecular flexibility index (Phi) is 1.78. The van der Waals surface area contributed by atoms with Gasteiger partial charge in [0.15, 0.2) is 17.5 Å². The molecule has 0 spiro atoms. The van der Waals surface area contributed by atoms with Gasteiger partial charge in [-0.2, -0.15) is 0 Å². The largest absolute Gasteiger partial charge is 0.393 e. The van der Waals surface area contributed by atoms with Gasteiger partial charge in [0.25, 0.3) is 0 Å². The second kappa shape index (κ2) is 2.62. The lowest BCUT2D eigenvalue weighted by atomic mass is 9.87. The number of hydrogen-bond donors (Lipinski definition) is 3. The van der Waals surface area contributed by atoms with E-state index in [0.29, 0.717) is 0 Å². The molecule has 1 saturated heterocycles. The van der Waals surface area contributed by atoms with Crippen LogP contribution < -0.4 is 0 Å². The van der Waals surface area contributed by atoms with E-state index < -0.39 is 24.4 Å². The molecule has 2 rings (SSSR count). The number of rotatable bonds is 2. The highest BCUT2D eigenvalue weighted by atomic mass is 16.6. The maximum Gasteiger partial charge on any atom is 0.192 e. The number of epoxide rings is 1. The first-order chi connectivity index (χ1) is 6.15. The van der Waals surface area contributed by atoms with Gasteiger partial charge < -0.3 is 20.1 Å². The van der Waals surface area contributed by atoms with E-state index >= 15 is 0 Å². The quantitative estimate of drug-likeness (QED) is 0.433. The van der Waals surface area contributed by atoms with E-state index in [2.05, 4.69) is 0 Å². The molecular formula is C8H10O5. The number of fused-ring (bicyclic) bond motifs is 1. The minimum atomic E-state index is -1.13. The Morgan fingerprint density at radius 2 is 2.23 bits per heavy atom. The molecule has 0 radical (unpaired) electrons. The summed E-state index contributed by atoms with van der Waals surface area (Å²) in [6.45, 7) is -0.795. The Morgan fingerprint density at radius 1 is 1.54 bits per heavy atom. The van der Waals surface area contributed by atoms with E-state index in [1.54, 1.807) is 0 Å². The first-order valence-electron chi connectivity index (χ1n) is 3.98. The van der Waals surface area contributed by atoms with Crippen molar-refractivity contribution in [2.45, 2.75) is 17.8 Å². The van der Waals surface area contributed by atoms with Crippen LogP contribution in [0.4, 0.5) is 0 Å². The average Bonchev–Trinajstić information content (AvgIpc) is 2.88. The summed E-state index contributed by atoms with van der Waals surface area (Å²) >= 11 is 0. The van der Waals surface area contributed by atoms with Crippen molar-refractivity contribution in [3.8, 4) is 0 Å². The molecule has 0 aromatic heterocycles. The molecule has 1 heterocycles. The number of aliphatic hydroxyl groups excluding tert-OH is 3. The molecule has 0 aromatic carbocycles. The Labute approximate surface area is 74.3 Å². The van der Waals surface area contributed by atoms with Gasteiger partial charge in [0.2, 0.25) is 0 Å². The standard InChI is InChI=1S/C8H10O5/c9-2-4-1-5(11)8(3-10)7(13-8)6(4)12/h1,5,7,9-11H,2-3H2/t5-,7-,8+/m0/s1. The molecule has 0 aromatic rings. The van der Waals surface area contributed by atoms with Gasteiger partial charge in [-0.15, -0.1) is 0 Å². The minimum absolute atomic E-state index is 0.152. The van der Waals surface area contributed by atoms with Crippen LogP contribution in [0, 0.1) is 0 Å². The van der Waals surface area contributed by atoms with Gasteiger partial charge in [-0.05, 0) is 6.08 Å². The second-order valence-corrected chi connectivity index (χ2v) is 3.27. The van der Waals surface area contributed by atoms with E-state index in [1.807, 2.05) is 0 Å². The van der Waals surface area contributed by atoms with Gasteiger partial charge in [0, 0.05) is 5.57 Å². The third-order valence-electron chi connectivity index (χ3n) is 2.56. The van der Waals surface area contributed by atoms with Crippen LogP contribution >= 0.6 is 0 Å². The molecule has 3 atom stereocenters. The third kappa shape index (κ3) is 0.986. The highest BCUT2D eigenvalue weighted by Crippen LogP contribution is 2.44. The molecule has 2 aliphatic rings. The zero-order chi connectivity index (χ0) is 9.64. The van der Waals surface area contributed by atoms with Crippen LogP contribution in [0.2, 0.25) is 0 Å². The lowest BCUT2D eigenvalue weighted by Gasteiger charge is -2.19. The number of carbonyl (C=O) groups is 1. The van der Waals surface area contributed by atoms with Crippen LogP contribution in [0.25, 0.3) is 0 Å². The van der Waals surface area contributed by atoms with Crippen LogP contribution in [0.5, 0.6) is 0 Å². The summed E-state index contributed by atoms with van der Waals surface area (Å²) < 4.78 is 4.96. The highest BCUT2D eigenvalue weighted by Gasteiger charge is 2.66. The summed E-state index contributed by atoms with van der Waals surface area (Å²) in [6.07, 6.45) is -0.552. The molecule has 13 heavy (non-hydrogen) atoms. The van der Waals surface area contributed by atoms with Gasteiger partial charge in [-0.3, -0.25) is 4.79 Å². The van der Waals surface area contributed by atoms with E-state index in [1.165, 1.54) is 6.08 Å². The Morgan fingerprint density at radius 3 is 2.77 bits per heavy atom. The zero-order valence-electron chi connectivity index (χ0n) is 6.80. The average molecular weight is 186 g/mol. The molecule has 0 unspecified atom stereocenters. The van der Waals surface area contributed by atoms with Gasteiger partial charge in [-0.25, -0.2) is 0 Å². The van der Waals surface area contributed by atoms with Crippen LogP contribution in [0.1, 0.15) is 0 Å². The number of hydrogen-bond acceptors (Lipinski definition) is 5. The zero-order valence-corrected chi connectivity index (χ0v) is 6.80. The number of carbonyl (C=O) groups excluding carboxylic acids is 1. The number of aliphatic hydroxyl groups is 3. The lowest BCUT2D eigenvalue weighted by Crippen LogP contribution is -2.41. The van der Waals surface area contributed by atoms with E-state index in [9.17, 15) is 9.90 Å². The maximum atomic E-state index is 11.3. The molecule has 5 heteroatoms. The second-order valence-electron chi connectivity index (χ2n) is 3.27. The number of Topliss-reactive ketones (excluding diaryl/α,β-unsaturated/α-hetero) is 1. The molecule has 0 bridgehead atoms. The van der Waals surface area contributed by atoms with E-state index in [0.717, 1.165) is 0 Å². The van der Waals surface area contributed by atoms with Crippen molar-refractivity contribution in [1.29, 1.82) is 0 Å². The molecule has 1 aliphatic carbocycles. The van der Waals surface area contributed by atoms with Crippen molar-refractivity contribution in [2.75, 3.05) is 13.2 Å². The van der Waals surface area contributed by atoms with Crippen molar-refractivity contribution in [3.05, 3.63) is 11.6 Å². The van der Waals surface area contributed by atoms with Gasteiger partial charge in [-0.1, -0.05) is 0 Å². The van der Waals surface area contributed by atoms with Crippen molar-refractivity contribution in [3.63, 3.8) is 0 Å². The van der Waals surface area contributed by atoms with Crippen molar-refractivity contribution < 1.29 is 24.9 Å². The predicted molar refractivity (Wildman–Crippen MR) is 40.9 cm³/mol. The molecule has 3 N–H and O–H groups in total. The Bertz CT molecular complexity index is 284. The maximum absolute atomic E-state index is 11.3. The first-order valence-corrected chi connectivity index (χ1v) is 3.98. The van der Waals surface area contributed by atoms with Crippen LogP contribution in [-0.2, 0) is 9.53 Å². The van der Waals surface area contributed by atoms with Gasteiger partial charge >= 0.3 is 0 Å². The number of ether oxygens (including phenoxy) is 1. The molecule has 0 saturated carbocycles. The van der Waals surface area contributed by atoms with Crippen molar-refractivity contribution in [2.24, 2.45) is 0 Å². The molecule has 0 amide bonds. The normalized spacial score (nSPS) is 42.7. The van der Waals surface area contributed by atoms with Crippen LogP contribution in [0.3, 0.4) is 0 Å². The smallest absolute Gasteiger partial charge is 0.192 e. The molecule has 72 valence electrons. The SMILES string of the molecule is O=C1C(CO)=C[C@H](O)[C@@]2(CO)O[C@@H]12. The first kappa shape index (κ1) is 8.83. The fraction of sp³-hybridized carbons (Fsp3) is 0.625. The topological polar surface area (TPSA) is 90.3 Å². The van der Waals surface area contributed by atoms with Crippen molar-refractivity contribution in [1.82, 2.24) is 0 Å². The molecule has 1 aliphatic heterocycles. The number of ketones is 1. The monoisotopic (exact) mass is 186 g/mol. The summed E-state index contributed by atoms with van der Waals surface area (Å²) in [7, 11) is 0. The third-order valence-corrected chi connectivity index (χ3v) is 2.56. The summed E-state index contributed by atoms with van der Waals surface area (Å²) in [5.74, 6) is -0.346. The van der Waals surface area contributed by atoms with Crippen LogP contribution in [0.15, 0.2) is 11.6 Å². The molecule has 5 nitrogen and oxygen atoms in total. The van der Waals surface area contributed by atoms with Crippen molar-refractivity contribution >= 4 is 5.78 Å². The van der Waals surface area contributed by atoms with Crippen LogP contribution in [-0.4, -0.2) is 52.1 Å². The minimum Gasteiger partial charge on any atom is -0.393 e. The molecule has 1 fully saturated rings. The highest BCUT2D eigenvalue weighted by molar-refractivity contribution is 6.03. The predicted octanol–water partition coefficient (Wildman–Crippen LogP) is -2.02. The summed E-state index contributed by atoms with van der Waals surface area (Å²) in [4.78, 5) is 11.3. The van der Waals surface area contributed by atoms with Gasteiger partial charge in [0.1, 0.15) is 6.10 Å². The molecular weight excluding hydrogens is 176 g/mol. The van der Waals surface area contributed by atoms with E-state index in [4.69, 9.17) is 14.9 Å².